The number of halogens is 2. The van der Waals surface area contributed by atoms with Crippen molar-refractivity contribution in [2.75, 3.05) is 0 Å². The van der Waals surface area contributed by atoms with Gasteiger partial charge in [0.2, 0.25) is 5.91 Å². The van der Waals surface area contributed by atoms with Crippen LogP contribution in [0.15, 0.2) is 30.3 Å². The van der Waals surface area contributed by atoms with E-state index in [0.29, 0.717) is 5.56 Å². The summed E-state index contributed by atoms with van der Waals surface area (Å²) in [6.07, 6.45) is -0.663. The molecule has 7 nitrogen and oxygen atoms in total. The van der Waals surface area contributed by atoms with Crippen molar-refractivity contribution < 1.29 is 255 Å². The fraction of sp³-hybridized carbons (Fsp3) is 0.308. The van der Waals surface area contributed by atoms with Gasteiger partial charge in [-0.3, -0.25) is 4.79 Å². The van der Waals surface area contributed by atoms with Crippen LogP contribution in [-0.4, -0.2) is 59.5 Å². The summed E-state index contributed by atoms with van der Waals surface area (Å²) in [7, 11) is 0. The third-order valence-corrected chi connectivity index (χ3v) is 2.61. The van der Waals surface area contributed by atoms with Crippen molar-refractivity contribution in [1.82, 2.24) is 5.32 Å². The molecule has 2 atom stereocenters. The first-order chi connectivity index (χ1) is 9.40. The van der Waals surface area contributed by atoms with E-state index in [2.05, 4.69) is 5.32 Å². The predicted molar refractivity (Wildman–Crippen MR) is 71.8 cm³/mol. The second-order valence-electron chi connectivity index (χ2n) is 4.25. The van der Waals surface area contributed by atoms with Crippen LogP contribution in [0.2, 0.25) is 0 Å². The van der Waals surface area contributed by atoms with Gasteiger partial charge in [-0.1, -0.05) is 30.3 Å². The Balaban J connectivity index is -0.000000114. The third kappa shape index (κ3) is 24.6. The molecule has 126 valence electrons. The summed E-state index contributed by atoms with van der Waals surface area (Å²) >= 11 is 0. The summed E-state index contributed by atoms with van der Waals surface area (Å²) in [5.74, 6) is -3.83. The molecule has 1 amide bonds. The van der Waals surface area contributed by atoms with Gasteiger partial charge in [0.15, 0.2) is 0 Å². The molecule has 0 fully saturated rings. The van der Waals surface area contributed by atoms with E-state index < -0.39 is 36.4 Å². The molecule has 27 heavy (non-hydrogen) atoms. The van der Waals surface area contributed by atoms with Crippen LogP contribution in [-0.2, 0) is 20.8 Å². The number of benzene rings is 1. The number of carboxylic acids is 2. The molecule has 0 saturated carbocycles. The average Bonchev–Trinajstić information content (AvgIpc) is 2.38. The fourth-order valence-electron chi connectivity index (χ4n) is 1.59. The second-order valence-corrected chi connectivity index (χ2v) is 4.25. The Kier molecular flexibility index (Phi) is 54.8. The Morgan fingerprint density at radius 1 is 0.963 bits per heavy atom. The van der Waals surface area contributed by atoms with Crippen LogP contribution >= 0.6 is 0 Å². The van der Waals surface area contributed by atoms with Gasteiger partial charge in [-0.25, -0.2) is 0 Å². The number of carbonyl (C=O) groups excluding carboxylic acids is 3. The first-order valence-corrected chi connectivity index (χ1v) is 5.90. The number of nitrogens with one attached hydrogen (secondary N) is 1. The molecule has 1 aromatic carbocycles. The van der Waals surface area contributed by atoms with E-state index in [1.54, 1.807) is 30.3 Å². The van der Waals surface area contributed by atoms with Gasteiger partial charge in [-0.05, 0) is 12.0 Å². The number of nitrogens with two attached hydrogens (primary N) is 1. The number of amides is 1. The Morgan fingerprint density at radius 3 is 1.78 bits per heavy atom. The first-order valence-electron chi connectivity index (χ1n) is 5.90. The molecular formula is C13H15Cl2K4N2NaO5. The standard InChI is InChI=1S/C13H16N2O5.2ClH.4K.Na.H/c14-9(7-11(16)17)12(18)15-10(13(19)20)6-8-4-2-1-3-5-8;;;;;;;;/h1-5,9-10H,6-7,14H2,(H,15,18)(H,16,17)(H,19,20);2*1H;;;;;;/q;;;4*+1;;/p-4/t9-,10-;;;;;;;;/m0......../s1. The molecule has 0 saturated heterocycles. The van der Waals surface area contributed by atoms with Gasteiger partial charge in [0.05, 0.1) is 18.1 Å². The predicted octanol–water partition coefficient (Wildman–Crippen LogP) is -21.7. The van der Waals surface area contributed by atoms with Crippen LogP contribution in [0.3, 0.4) is 0 Å². The van der Waals surface area contributed by atoms with Crippen LogP contribution in [0, 0.1) is 0 Å². The van der Waals surface area contributed by atoms with Crippen LogP contribution < -0.4 is 252 Å². The Bertz CT molecular complexity index is 521. The molecule has 3 N–H and O–H groups in total. The topological polar surface area (TPSA) is 135 Å². The Labute approximate surface area is 363 Å². The summed E-state index contributed by atoms with van der Waals surface area (Å²) in [5.41, 5.74) is 6.00. The van der Waals surface area contributed by atoms with Crippen molar-refractivity contribution in [2.45, 2.75) is 24.9 Å². The number of carboxylic acid groups (broad SMARTS) is 2. The number of hydrogen-bond donors (Lipinski definition) is 2. The van der Waals surface area contributed by atoms with Gasteiger partial charge >= 0.3 is 235 Å². The van der Waals surface area contributed by atoms with E-state index in [-0.39, 0.29) is 266 Å². The summed E-state index contributed by atoms with van der Waals surface area (Å²) in [6.45, 7) is 0. The Hall–Kier alpha value is 5.72. The number of rotatable bonds is 7. The van der Waals surface area contributed by atoms with Gasteiger partial charge in [-0.15, -0.1) is 0 Å². The quantitative estimate of drug-likeness (QED) is 0.337. The second kappa shape index (κ2) is 29.7. The van der Waals surface area contributed by atoms with Crippen LogP contribution in [0.25, 0.3) is 0 Å². The first kappa shape index (κ1) is 49.8. The van der Waals surface area contributed by atoms with E-state index in [4.69, 9.17) is 5.73 Å². The van der Waals surface area contributed by atoms with Gasteiger partial charge in [-0.2, -0.15) is 0 Å². The molecule has 0 radical (unpaired) electrons. The average molecular weight is 530 g/mol. The summed E-state index contributed by atoms with van der Waals surface area (Å²) in [5, 5.41) is 23.5. The van der Waals surface area contributed by atoms with Crippen molar-refractivity contribution in [3.05, 3.63) is 35.9 Å². The van der Waals surface area contributed by atoms with E-state index in [0.717, 1.165) is 0 Å². The van der Waals surface area contributed by atoms with Crippen LogP contribution in [0.4, 0.5) is 0 Å². The summed E-state index contributed by atoms with van der Waals surface area (Å²) in [6, 6.07) is 5.98. The molecule has 0 spiro atoms. The molecule has 14 heteroatoms. The molecule has 1 rings (SSSR count). The molecule has 0 unspecified atom stereocenters. The summed E-state index contributed by atoms with van der Waals surface area (Å²) in [4.78, 5) is 32.9. The van der Waals surface area contributed by atoms with Crippen molar-refractivity contribution in [3.63, 3.8) is 0 Å². The van der Waals surface area contributed by atoms with Crippen LogP contribution in [0.1, 0.15) is 12.0 Å². The third-order valence-electron chi connectivity index (χ3n) is 2.61. The molecule has 0 aliphatic heterocycles. The van der Waals surface area contributed by atoms with Crippen molar-refractivity contribution in [2.24, 2.45) is 5.73 Å². The van der Waals surface area contributed by atoms with Gasteiger partial charge < -0.3 is 55.7 Å². The molecule has 0 aliphatic rings. The maximum atomic E-state index is 11.6. The zero-order valence-electron chi connectivity index (χ0n) is 15.3. The molecule has 0 aliphatic carbocycles. The molecular weight excluding hydrogens is 514 g/mol. The maximum absolute atomic E-state index is 11.6. The number of carbonyl (C=O) groups is 3. The van der Waals surface area contributed by atoms with Crippen molar-refractivity contribution >= 4 is 47.4 Å². The number of aliphatic carboxylic acids is 2. The normalized spacial score (nSPS) is 9.81. The summed E-state index contributed by atoms with van der Waals surface area (Å²) < 4.78 is 0. The van der Waals surface area contributed by atoms with E-state index in [9.17, 15) is 24.6 Å². The molecule has 1 aromatic rings. The Morgan fingerprint density at radius 2 is 1.41 bits per heavy atom. The van der Waals surface area contributed by atoms with Crippen LogP contribution in [0.5, 0.6) is 0 Å². The number of hydrogen-bond acceptors (Lipinski definition) is 6. The minimum absolute atomic E-state index is 0. The van der Waals surface area contributed by atoms with E-state index >= 15 is 0 Å². The zero-order valence-corrected chi connectivity index (χ0v) is 29.3. The van der Waals surface area contributed by atoms with Gasteiger partial charge in [0.1, 0.15) is 0 Å². The molecule has 0 heterocycles. The van der Waals surface area contributed by atoms with E-state index in [1.807, 2.05) is 0 Å². The zero-order chi connectivity index (χ0) is 15.1. The SMILES string of the molecule is N[C@@H](CC(=O)[O-])C(=O)N[C@@H](Cc1ccccc1)C(=O)[O-].[Cl-].[Cl-].[K+].[K+].[K+].[K+].[NaH]. The van der Waals surface area contributed by atoms with Crippen molar-refractivity contribution in [1.29, 1.82) is 0 Å². The van der Waals surface area contributed by atoms with Crippen molar-refractivity contribution in [3.8, 4) is 0 Å². The molecule has 0 aromatic heterocycles. The van der Waals surface area contributed by atoms with Gasteiger partial charge in [0, 0.05) is 12.4 Å². The monoisotopic (exact) mass is 528 g/mol. The molecule has 0 bridgehead atoms. The fourth-order valence-corrected chi connectivity index (χ4v) is 1.59. The minimum atomic E-state index is -1.49. The van der Waals surface area contributed by atoms with Gasteiger partial charge in [0.25, 0.3) is 0 Å². The van der Waals surface area contributed by atoms with E-state index in [1.165, 1.54) is 0 Å².